The predicted molar refractivity (Wildman–Crippen MR) is 97.3 cm³/mol. The monoisotopic (exact) mass is 408 g/mol. The van der Waals surface area contributed by atoms with Crippen LogP contribution in [0, 0.1) is 5.82 Å². The van der Waals surface area contributed by atoms with Crippen molar-refractivity contribution in [1.82, 2.24) is 10.3 Å². The molecule has 0 aliphatic rings. The van der Waals surface area contributed by atoms with Gasteiger partial charge in [0.2, 0.25) is 0 Å². The topological polar surface area (TPSA) is 42.0 Å². The van der Waals surface area contributed by atoms with Crippen LogP contribution in [0.5, 0.6) is 0 Å². The average Bonchev–Trinajstić information content (AvgIpc) is 2.66. The number of nitrogens with one attached hydrogen (secondary N) is 1. The Bertz CT molecular complexity index is 1020. The number of halogens is 5. The molecule has 0 bridgehead atoms. The summed E-state index contributed by atoms with van der Waals surface area (Å²) < 4.78 is 52.6. The number of hydrogen-bond donors (Lipinski definition) is 1. The molecule has 3 aromatic rings. The van der Waals surface area contributed by atoms with Crippen LogP contribution < -0.4 is 5.32 Å². The Balaban J connectivity index is 1.74. The minimum atomic E-state index is -4.48. The zero-order valence-corrected chi connectivity index (χ0v) is 15.0. The quantitative estimate of drug-likeness (QED) is 0.580. The van der Waals surface area contributed by atoms with Crippen molar-refractivity contribution in [3.05, 3.63) is 88.3 Å². The van der Waals surface area contributed by atoms with Crippen LogP contribution in [-0.4, -0.2) is 10.9 Å². The van der Waals surface area contributed by atoms with E-state index in [4.69, 9.17) is 11.6 Å². The molecule has 1 amide bonds. The van der Waals surface area contributed by atoms with Gasteiger partial charge < -0.3 is 5.32 Å². The number of carbonyl (C=O) groups excluding carboxylic acids is 1. The van der Waals surface area contributed by atoms with E-state index >= 15 is 0 Å². The van der Waals surface area contributed by atoms with Crippen molar-refractivity contribution in [2.45, 2.75) is 12.7 Å². The standard InChI is InChI=1S/C20H13ClF4N2O/c21-16-5-2-8-26-18(16)13-6-7-15(17(22)10-13)19(28)27-11-12-3-1-4-14(9-12)20(23,24)25/h1-10H,11H2,(H,27,28). The lowest BCUT2D eigenvalue weighted by Gasteiger charge is -2.10. The summed E-state index contributed by atoms with van der Waals surface area (Å²) in [4.78, 5) is 16.3. The lowest BCUT2D eigenvalue weighted by molar-refractivity contribution is -0.137. The first-order valence-corrected chi connectivity index (χ1v) is 8.48. The highest BCUT2D eigenvalue weighted by Gasteiger charge is 2.30. The van der Waals surface area contributed by atoms with Crippen molar-refractivity contribution < 1.29 is 22.4 Å². The van der Waals surface area contributed by atoms with Crippen LogP contribution in [0.3, 0.4) is 0 Å². The molecule has 0 unspecified atom stereocenters. The lowest BCUT2D eigenvalue weighted by atomic mass is 10.1. The van der Waals surface area contributed by atoms with Gasteiger partial charge in [-0.2, -0.15) is 13.2 Å². The molecule has 0 fully saturated rings. The number of benzene rings is 2. The Morgan fingerprint density at radius 1 is 1.07 bits per heavy atom. The van der Waals surface area contributed by atoms with E-state index in [0.29, 0.717) is 16.3 Å². The van der Waals surface area contributed by atoms with E-state index in [-0.39, 0.29) is 17.7 Å². The van der Waals surface area contributed by atoms with Gasteiger partial charge in [0.05, 0.1) is 21.8 Å². The van der Waals surface area contributed by atoms with Gasteiger partial charge in [-0.3, -0.25) is 9.78 Å². The maximum atomic E-state index is 14.4. The molecule has 28 heavy (non-hydrogen) atoms. The molecule has 0 aliphatic heterocycles. The second-order valence-corrected chi connectivity index (χ2v) is 6.32. The Kier molecular flexibility index (Phi) is 5.65. The van der Waals surface area contributed by atoms with E-state index in [9.17, 15) is 22.4 Å². The van der Waals surface area contributed by atoms with Gasteiger partial charge in [-0.1, -0.05) is 29.8 Å². The highest BCUT2D eigenvalue weighted by molar-refractivity contribution is 6.33. The molecule has 0 saturated heterocycles. The third-order valence-corrected chi connectivity index (χ3v) is 4.26. The van der Waals surface area contributed by atoms with Crippen LogP contribution in [0.2, 0.25) is 5.02 Å². The molecule has 0 atom stereocenters. The Hall–Kier alpha value is -2.93. The molecule has 0 spiro atoms. The SMILES string of the molecule is O=C(NCc1cccc(C(F)(F)F)c1)c1ccc(-c2ncccc2Cl)cc1F. The normalized spacial score (nSPS) is 11.3. The van der Waals surface area contributed by atoms with Crippen LogP contribution >= 0.6 is 11.6 Å². The minimum absolute atomic E-state index is 0.171. The van der Waals surface area contributed by atoms with E-state index in [2.05, 4.69) is 10.3 Å². The number of aromatic nitrogens is 1. The molecule has 0 aliphatic carbocycles. The fraction of sp³-hybridized carbons (Fsp3) is 0.100. The second kappa shape index (κ2) is 7.98. The van der Waals surface area contributed by atoms with E-state index in [1.807, 2.05) is 0 Å². The highest BCUT2D eigenvalue weighted by atomic mass is 35.5. The van der Waals surface area contributed by atoms with Crippen molar-refractivity contribution in [1.29, 1.82) is 0 Å². The predicted octanol–water partition coefficient (Wildman–Crippen LogP) is 5.49. The van der Waals surface area contributed by atoms with Crippen molar-refractivity contribution in [2.24, 2.45) is 0 Å². The van der Waals surface area contributed by atoms with Crippen LogP contribution in [0.15, 0.2) is 60.8 Å². The van der Waals surface area contributed by atoms with Crippen LogP contribution in [0.4, 0.5) is 17.6 Å². The molecule has 1 N–H and O–H groups in total. The lowest BCUT2D eigenvalue weighted by Crippen LogP contribution is -2.24. The summed E-state index contributed by atoms with van der Waals surface area (Å²) in [7, 11) is 0. The van der Waals surface area contributed by atoms with E-state index < -0.39 is 23.5 Å². The number of pyridine rings is 1. The van der Waals surface area contributed by atoms with E-state index in [1.165, 1.54) is 30.5 Å². The zero-order valence-electron chi connectivity index (χ0n) is 14.2. The summed E-state index contributed by atoms with van der Waals surface area (Å²) in [5.41, 5.74) is -0.0261. The molecular weight excluding hydrogens is 396 g/mol. The highest BCUT2D eigenvalue weighted by Crippen LogP contribution is 2.29. The third kappa shape index (κ3) is 4.48. The van der Waals surface area contributed by atoms with Gasteiger partial charge in [0.15, 0.2) is 0 Å². The first kappa shape index (κ1) is 19.8. The Morgan fingerprint density at radius 3 is 2.54 bits per heavy atom. The van der Waals surface area contributed by atoms with Crippen molar-refractivity contribution in [3.63, 3.8) is 0 Å². The molecular formula is C20H13ClF4N2O. The van der Waals surface area contributed by atoms with E-state index in [1.54, 1.807) is 12.1 Å². The molecule has 1 aromatic heterocycles. The summed E-state index contributed by atoms with van der Waals surface area (Å²) >= 11 is 6.03. The fourth-order valence-electron chi connectivity index (χ4n) is 2.58. The maximum Gasteiger partial charge on any atom is 0.416 e. The van der Waals surface area contributed by atoms with Crippen LogP contribution in [-0.2, 0) is 12.7 Å². The molecule has 144 valence electrons. The first-order valence-electron chi connectivity index (χ1n) is 8.10. The molecule has 8 heteroatoms. The number of carbonyl (C=O) groups is 1. The Labute approximate surface area is 163 Å². The smallest absolute Gasteiger partial charge is 0.348 e. The summed E-state index contributed by atoms with van der Waals surface area (Å²) in [6.45, 7) is -0.171. The molecule has 3 rings (SSSR count). The number of nitrogens with zero attached hydrogens (tertiary/aromatic N) is 1. The number of rotatable bonds is 4. The second-order valence-electron chi connectivity index (χ2n) is 5.91. The summed E-state index contributed by atoms with van der Waals surface area (Å²) in [6.07, 6.45) is -2.97. The summed E-state index contributed by atoms with van der Waals surface area (Å²) in [5.74, 6) is -1.53. The molecule has 3 nitrogen and oxygen atoms in total. The number of alkyl halides is 3. The van der Waals surface area contributed by atoms with Gasteiger partial charge in [-0.15, -0.1) is 0 Å². The van der Waals surface area contributed by atoms with Gasteiger partial charge in [-0.25, -0.2) is 4.39 Å². The number of amides is 1. The molecule has 0 radical (unpaired) electrons. The Morgan fingerprint density at radius 2 is 1.86 bits per heavy atom. The van der Waals surface area contributed by atoms with Crippen LogP contribution in [0.1, 0.15) is 21.5 Å². The zero-order chi connectivity index (χ0) is 20.3. The van der Waals surface area contributed by atoms with Crippen molar-refractivity contribution in [3.8, 4) is 11.3 Å². The first-order chi connectivity index (χ1) is 13.3. The van der Waals surface area contributed by atoms with Crippen molar-refractivity contribution >= 4 is 17.5 Å². The van der Waals surface area contributed by atoms with Crippen LogP contribution in [0.25, 0.3) is 11.3 Å². The minimum Gasteiger partial charge on any atom is -0.348 e. The molecule has 2 aromatic carbocycles. The van der Waals surface area contributed by atoms with Gasteiger partial charge in [0.25, 0.3) is 5.91 Å². The number of hydrogen-bond acceptors (Lipinski definition) is 2. The summed E-state index contributed by atoms with van der Waals surface area (Å²) in [5, 5.41) is 2.75. The average molecular weight is 409 g/mol. The maximum absolute atomic E-state index is 14.4. The largest absolute Gasteiger partial charge is 0.416 e. The van der Waals surface area contributed by atoms with Gasteiger partial charge >= 0.3 is 6.18 Å². The van der Waals surface area contributed by atoms with Gasteiger partial charge in [-0.05, 0) is 42.0 Å². The van der Waals surface area contributed by atoms with Gasteiger partial charge in [0, 0.05) is 18.3 Å². The van der Waals surface area contributed by atoms with Crippen molar-refractivity contribution in [2.75, 3.05) is 0 Å². The third-order valence-electron chi connectivity index (χ3n) is 3.95. The fourth-order valence-corrected chi connectivity index (χ4v) is 2.81. The summed E-state index contributed by atoms with van der Waals surface area (Å²) in [6, 6.07) is 11.7. The molecule has 1 heterocycles. The molecule has 0 saturated carbocycles. The van der Waals surface area contributed by atoms with E-state index in [0.717, 1.165) is 18.2 Å². The van der Waals surface area contributed by atoms with Gasteiger partial charge in [0.1, 0.15) is 5.82 Å².